The number of halogens is 1. The van der Waals surface area contributed by atoms with Crippen molar-refractivity contribution in [2.75, 3.05) is 23.9 Å². The Labute approximate surface area is 247 Å². The molecule has 208 valence electrons. The average molecular weight is 608 g/mol. The van der Waals surface area contributed by atoms with Crippen LogP contribution in [0.15, 0.2) is 82.6 Å². The third-order valence-corrected chi connectivity index (χ3v) is 9.52. The molecular formula is C29H22ClN3O6S2. The summed E-state index contributed by atoms with van der Waals surface area (Å²) in [6.07, 6.45) is 0. The van der Waals surface area contributed by atoms with Gasteiger partial charge in [-0.3, -0.25) is 19.2 Å². The highest BCUT2D eigenvalue weighted by Crippen LogP contribution is 2.53. The molecule has 3 atom stereocenters. The Morgan fingerprint density at radius 2 is 1.76 bits per heavy atom. The first-order valence-electron chi connectivity index (χ1n) is 12.5. The highest BCUT2D eigenvalue weighted by molar-refractivity contribution is 8.00. The standard InChI is InChI=1S/C29H22ClN3O6S2/c1-38-19-11-9-18(10-12-19)33-27(35)23-22(24-26(32-29(37)41-24)40-25(23)28(33)36)15-3-2-4-20(13-15)39-14-21(34)31-17-7-5-16(30)6-8-17/h2-13,22-23,25H,14H2,1H3,(H,31,34)(H,32,37)/t22-,23-,25+/m0/s1. The first-order chi connectivity index (χ1) is 19.8. The molecule has 0 spiro atoms. The van der Waals surface area contributed by atoms with Crippen LogP contribution >= 0.6 is 34.7 Å². The van der Waals surface area contributed by atoms with E-state index in [2.05, 4.69) is 10.3 Å². The molecule has 2 aliphatic rings. The Balaban J connectivity index is 1.28. The highest BCUT2D eigenvalue weighted by Gasteiger charge is 2.56. The van der Waals surface area contributed by atoms with E-state index in [-0.39, 0.29) is 29.2 Å². The lowest BCUT2D eigenvalue weighted by Gasteiger charge is -2.30. The predicted molar refractivity (Wildman–Crippen MR) is 157 cm³/mol. The SMILES string of the molecule is COc1ccc(N2C(=O)[C@H]3[C@H](c4cccc(OCC(=O)Nc5ccc(Cl)cc5)c4)c4sc(=O)[nH]c4S[C@H]3C2=O)cc1. The minimum Gasteiger partial charge on any atom is -0.497 e. The van der Waals surface area contributed by atoms with Gasteiger partial charge >= 0.3 is 4.87 Å². The van der Waals surface area contributed by atoms with E-state index in [4.69, 9.17) is 21.1 Å². The minimum absolute atomic E-state index is 0.246. The molecule has 41 heavy (non-hydrogen) atoms. The zero-order chi connectivity index (χ0) is 28.7. The summed E-state index contributed by atoms with van der Waals surface area (Å²) in [4.78, 5) is 56.8. The summed E-state index contributed by atoms with van der Waals surface area (Å²) in [6, 6.07) is 20.5. The van der Waals surface area contributed by atoms with Gasteiger partial charge in [0.05, 0.1) is 23.7 Å². The number of hydrogen-bond acceptors (Lipinski definition) is 8. The molecule has 1 fully saturated rings. The van der Waals surface area contributed by atoms with Crippen LogP contribution in [0.4, 0.5) is 11.4 Å². The van der Waals surface area contributed by atoms with Gasteiger partial charge in [0, 0.05) is 21.5 Å². The van der Waals surface area contributed by atoms with Gasteiger partial charge in [-0.15, -0.1) is 0 Å². The van der Waals surface area contributed by atoms with Crippen LogP contribution in [0.2, 0.25) is 5.02 Å². The fourth-order valence-electron chi connectivity index (χ4n) is 5.04. The molecule has 2 N–H and O–H groups in total. The molecule has 0 bridgehead atoms. The highest BCUT2D eigenvalue weighted by atomic mass is 35.5. The molecule has 2 aliphatic heterocycles. The van der Waals surface area contributed by atoms with Crippen molar-refractivity contribution in [3.05, 3.63) is 97.9 Å². The number of hydrogen-bond donors (Lipinski definition) is 2. The van der Waals surface area contributed by atoms with Crippen molar-refractivity contribution >= 4 is 63.8 Å². The van der Waals surface area contributed by atoms with Gasteiger partial charge in [-0.05, 0) is 66.2 Å². The van der Waals surface area contributed by atoms with Gasteiger partial charge < -0.3 is 19.8 Å². The van der Waals surface area contributed by atoms with E-state index in [0.29, 0.717) is 43.4 Å². The number of rotatable bonds is 7. The number of H-pyrrole nitrogens is 1. The molecule has 4 aromatic rings. The van der Waals surface area contributed by atoms with Gasteiger partial charge in [-0.1, -0.05) is 46.8 Å². The second kappa shape index (κ2) is 11.1. The molecule has 9 nitrogen and oxygen atoms in total. The van der Waals surface area contributed by atoms with Crippen LogP contribution in [0.1, 0.15) is 16.4 Å². The van der Waals surface area contributed by atoms with Gasteiger partial charge in [0.15, 0.2) is 6.61 Å². The topological polar surface area (TPSA) is 118 Å². The number of aromatic nitrogens is 1. The van der Waals surface area contributed by atoms with Crippen molar-refractivity contribution < 1.29 is 23.9 Å². The number of ether oxygens (including phenoxy) is 2. The van der Waals surface area contributed by atoms with E-state index in [1.165, 1.54) is 16.7 Å². The number of nitrogens with zero attached hydrogens (tertiary/aromatic N) is 1. The Bertz CT molecular complexity index is 1700. The van der Waals surface area contributed by atoms with Gasteiger partial charge in [-0.2, -0.15) is 0 Å². The minimum atomic E-state index is -0.739. The Kier molecular flexibility index (Phi) is 7.33. The molecule has 0 radical (unpaired) electrons. The van der Waals surface area contributed by atoms with Crippen LogP contribution in [0.3, 0.4) is 0 Å². The number of fused-ring (bicyclic) bond motifs is 2. The molecule has 1 aromatic heterocycles. The van der Waals surface area contributed by atoms with Crippen molar-refractivity contribution in [1.29, 1.82) is 0 Å². The normalized spacial score (nSPS) is 19.5. The molecule has 12 heteroatoms. The van der Waals surface area contributed by atoms with Gasteiger partial charge in [0.1, 0.15) is 16.7 Å². The number of carbonyl (C=O) groups is 3. The average Bonchev–Trinajstić information content (AvgIpc) is 3.47. The number of aromatic amines is 1. The number of imide groups is 1. The summed E-state index contributed by atoms with van der Waals surface area (Å²) in [7, 11) is 1.54. The van der Waals surface area contributed by atoms with Crippen molar-refractivity contribution in [1.82, 2.24) is 4.98 Å². The Morgan fingerprint density at radius 1 is 1.00 bits per heavy atom. The Hall–Kier alpha value is -4.06. The molecule has 0 unspecified atom stereocenters. The summed E-state index contributed by atoms with van der Waals surface area (Å²) in [5.41, 5.74) is 1.74. The number of benzene rings is 3. The van der Waals surface area contributed by atoms with E-state index < -0.39 is 17.1 Å². The molecule has 3 amide bonds. The number of thioether (sulfide) groups is 1. The van der Waals surface area contributed by atoms with Gasteiger partial charge in [-0.25, -0.2) is 4.90 Å². The smallest absolute Gasteiger partial charge is 0.305 e. The molecule has 3 heterocycles. The second-order valence-electron chi connectivity index (χ2n) is 9.38. The summed E-state index contributed by atoms with van der Waals surface area (Å²) < 4.78 is 11.0. The molecule has 0 saturated carbocycles. The predicted octanol–water partition coefficient (Wildman–Crippen LogP) is 4.91. The maximum atomic E-state index is 13.9. The molecule has 6 rings (SSSR count). The number of amides is 3. The summed E-state index contributed by atoms with van der Waals surface area (Å²) in [6.45, 7) is -0.246. The maximum absolute atomic E-state index is 13.9. The number of carbonyl (C=O) groups excluding carboxylic acids is 3. The monoisotopic (exact) mass is 607 g/mol. The number of anilines is 2. The lowest BCUT2D eigenvalue weighted by molar-refractivity contribution is -0.122. The summed E-state index contributed by atoms with van der Waals surface area (Å²) in [5, 5.41) is 3.16. The Morgan fingerprint density at radius 3 is 2.49 bits per heavy atom. The van der Waals surface area contributed by atoms with Crippen molar-refractivity contribution in [2.45, 2.75) is 16.2 Å². The number of thiazole rings is 1. The third-order valence-electron chi connectivity index (χ3n) is 6.87. The van der Waals surface area contributed by atoms with E-state index in [1.54, 1.807) is 73.8 Å². The van der Waals surface area contributed by atoms with Crippen LogP contribution in [-0.2, 0) is 14.4 Å². The zero-order valence-corrected chi connectivity index (χ0v) is 23.8. The van der Waals surface area contributed by atoms with Crippen LogP contribution in [0.5, 0.6) is 11.5 Å². The molecule has 1 saturated heterocycles. The summed E-state index contributed by atoms with van der Waals surface area (Å²) >= 11 is 8.14. The molecular weight excluding hydrogens is 586 g/mol. The van der Waals surface area contributed by atoms with E-state index in [1.807, 2.05) is 6.07 Å². The lowest BCUT2D eigenvalue weighted by atomic mass is 9.83. The third kappa shape index (κ3) is 5.23. The van der Waals surface area contributed by atoms with Crippen molar-refractivity contribution in [3.63, 3.8) is 0 Å². The van der Waals surface area contributed by atoms with Crippen molar-refractivity contribution in [2.24, 2.45) is 5.92 Å². The largest absolute Gasteiger partial charge is 0.497 e. The second-order valence-corrected chi connectivity index (χ2v) is 12.0. The maximum Gasteiger partial charge on any atom is 0.305 e. The molecule has 3 aromatic carbocycles. The van der Waals surface area contributed by atoms with Crippen LogP contribution in [0, 0.1) is 5.92 Å². The number of methoxy groups -OCH3 is 1. The van der Waals surface area contributed by atoms with Gasteiger partial charge in [0.25, 0.3) is 5.91 Å². The fourth-order valence-corrected chi connectivity index (χ4v) is 7.68. The first-order valence-corrected chi connectivity index (χ1v) is 14.6. The van der Waals surface area contributed by atoms with E-state index in [0.717, 1.165) is 11.3 Å². The lowest BCUT2D eigenvalue weighted by Crippen LogP contribution is -2.32. The van der Waals surface area contributed by atoms with Crippen molar-refractivity contribution in [3.8, 4) is 11.5 Å². The van der Waals surface area contributed by atoms with Crippen LogP contribution < -0.4 is 24.6 Å². The van der Waals surface area contributed by atoms with Crippen LogP contribution in [-0.4, -0.2) is 41.7 Å². The van der Waals surface area contributed by atoms with E-state index >= 15 is 0 Å². The zero-order valence-electron chi connectivity index (χ0n) is 21.5. The van der Waals surface area contributed by atoms with Gasteiger partial charge in [0.2, 0.25) is 11.8 Å². The fraction of sp³-hybridized carbons (Fsp3) is 0.172. The quantitative estimate of drug-likeness (QED) is 0.287. The van der Waals surface area contributed by atoms with Crippen LogP contribution in [0.25, 0.3) is 0 Å². The first kappa shape index (κ1) is 27.1. The summed E-state index contributed by atoms with van der Waals surface area (Å²) in [5.74, 6) is -1.33. The molecule has 0 aliphatic carbocycles. The van der Waals surface area contributed by atoms with E-state index in [9.17, 15) is 19.2 Å². The number of nitrogens with one attached hydrogen (secondary N) is 2.